The standard InChI is InChI=1S/C14H22N2O2/c1-5-11-6-7-12-10-15(8-9-16(11)12)13(17)18-14(2,3)4/h1,11-12H,6-10H2,2-4H3/t11-,12+/m1/s1. The summed E-state index contributed by atoms with van der Waals surface area (Å²) < 4.78 is 5.41. The van der Waals surface area contributed by atoms with Crippen molar-refractivity contribution in [2.75, 3.05) is 19.6 Å². The first kappa shape index (κ1) is 13.2. The summed E-state index contributed by atoms with van der Waals surface area (Å²) >= 11 is 0. The van der Waals surface area contributed by atoms with Crippen LogP contribution in [0.15, 0.2) is 0 Å². The van der Waals surface area contributed by atoms with Gasteiger partial charge in [-0.05, 0) is 33.6 Å². The second-order valence-corrected chi connectivity index (χ2v) is 6.08. The van der Waals surface area contributed by atoms with Crippen LogP contribution < -0.4 is 0 Å². The molecule has 0 N–H and O–H groups in total. The van der Waals surface area contributed by atoms with Gasteiger partial charge in [-0.2, -0.15) is 0 Å². The van der Waals surface area contributed by atoms with Gasteiger partial charge in [0.15, 0.2) is 0 Å². The molecular formula is C14H22N2O2. The van der Waals surface area contributed by atoms with Gasteiger partial charge in [0, 0.05) is 25.7 Å². The summed E-state index contributed by atoms with van der Waals surface area (Å²) in [6.07, 6.45) is 7.44. The number of hydrogen-bond donors (Lipinski definition) is 0. The van der Waals surface area contributed by atoms with Crippen LogP contribution in [0, 0.1) is 12.3 Å². The molecule has 0 bridgehead atoms. The molecular weight excluding hydrogens is 228 g/mol. The number of amides is 1. The lowest BCUT2D eigenvalue weighted by Crippen LogP contribution is -2.54. The van der Waals surface area contributed by atoms with Crippen molar-refractivity contribution in [2.45, 2.75) is 51.3 Å². The third kappa shape index (κ3) is 2.78. The van der Waals surface area contributed by atoms with Gasteiger partial charge in [-0.25, -0.2) is 4.79 Å². The first-order valence-electron chi connectivity index (χ1n) is 6.60. The minimum atomic E-state index is -0.425. The second kappa shape index (κ2) is 4.81. The van der Waals surface area contributed by atoms with E-state index in [-0.39, 0.29) is 12.1 Å². The lowest BCUT2D eigenvalue weighted by molar-refractivity contribution is 0.00726. The number of terminal acetylenes is 1. The Hall–Kier alpha value is -1.21. The van der Waals surface area contributed by atoms with Crippen LogP contribution in [0.1, 0.15) is 33.6 Å². The number of carbonyl (C=O) groups is 1. The highest BCUT2D eigenvalue weighted by Gasteiger charge is 2.38. The van der Waals surface area contributed by atoms with Gasteiger partial charge < -0.3 is 9.64 Å². The van der Waals surface area contributed by atoms with E-state index < -0.39 is 5.60 Å². The average Bonchev–Trinajstić information content (AvgIpc) is 2.68. The van der Waals surface area contributed by atoms with Crippen LogP contribution in [0.5, 0.6) is 0 Å². The van der Waals surface area contributed by atoms with Gasteiger partial charge in [0.05, 0.1) is 6.04 Å². The number of nitrogens with zero attached hydrogens (tertiary/aromatic N) is 2. The zero-order chi connectivity index (χ0) is 13.3. The molecule has 4 nitrogen and oxygen atoms in total. The van der Waals surface area contributed by atoms with Crippen LogP contribution in [0.3, 0.4) is 0 Å². The molecule has 100 valence electrons. The van der Waals surface area contributed by atoms with Gasteiger partial charge in [-0.1, -0.05) is 5.92 Å². The zero-order valence-corrected chi connectivity index (χ0v) is 11.5. The topological polar surface area (TPSA) is 32.8 Å². The van der Waals surface area contributed by atoms with Gasteiger partial charge in [-0.3, -0.25) is 4.90 Å². The summed E-state index contributed by atoms with van der Waals surface area (Å²) in [6.45, 7) is 8.00. The van der Waals surface area contributed by atoms with E-state index in [0.29, 0.717) is 12.6 Å². The van der Waals surface area contributed by atoms with Crippen LogP contribution in [0.25, 0.3) is 0 Å². The van der Waals surface area contributed by atoms with Crippen LogP contribution in [-0.4, -0.2) is 53.2 Å². The van der Waals surface area contributed by atoms with E-state index >= 15 is 0 Å². The van der Waals surface area contributed by atoms with Crippen LogP contribution in [-0.2, 0) is 4.74 Å². The maximum Gasteiger partial charge on any atom is 0.410 e. The van der Waals surface area contributed by atoms with Crippen molar-refractivity contribution in [3.63, 3.8) is 0 Å². The summed E-state index contributed by atoms with van der Waals surface area (Å²) in [5.41, 5.74) is -0.425. The molecule has 2 aliphatic heterocycles. The van der Waals surface area contributed by atoms with Crippen molar-refractivity contribution in [3.8, 4) is 12.3 Å². The summed E-state index contributed by atoms with van der Waals surface area (Å²) in [4.78, 5) is 16.2. The Morgan fingerprint density at radius 2 is 2.06 bits per heavy atom. The van der Waals surface area contributed by atoms with Crippen molar-refractivity contribution in [1.29, 1.82) is 0 Å². The first-order valence-corrected chi connectivity index (χ1v) is 6.60. The van der Waals surface area contributed by atoms with Crippen molar-refractivity contribution in [3.05, 3.63) is 0 Å². The third-order valence-corrected chi connectivity index (χ3v) is 3.55. The third-order valence-electron chi connectivity index (χ3n) is 3.55. The van der Waals surface area contributed by atoms with Crippen molar-refractivity contribution < 1.29 is 9.53 Å². The predicted molar refractivity (Wildman–Crippen MR) is 70.2 cm³/mol. The van der Waals surface area contributed by atoms with Crippen molar-refractivity contribution in [2.24, 2.45) is 0 Å². The molecule has 0 saturated carbocycles. The van der Waals surface area contributed by atoms with E-state index in [1.165, 1.54) is 0 Å². The molecule has 2 heterocycles. The SMILES string of the molecule is C#C[C@@H]1CC[C@H]2CN(C(=O)OC(C)(C)C)CCN21. The van der Waals surface area contributed by atoms with Crippen LogP contribution >= 0.6 is 0 Å². The Bertz CT molecular complexity index is 367. The van der Waals surface area contributed by atoms with Crippen LogP contribution in [0.4, 0.5) is 4.79 Å². The Labute approximate surface area is 109 Å². The summed E-state index contributed by atoms with van der Waals surface area (Å²) in [5.74, 6) is 2.84. The molecule has 2 atom stereocenters. The van der Waals surface area contributed by atoms with Crippen molar-refractivity contribution >= 4 is 6.09 Å². The highest BCUT2D eigenvalue weighted by Crippen LogP contribution is 2.27. The molecule has 0 unspecified atom stereocenters. The quantitative estimate of drug-likeness (QED) is 0.614. The van der Waals surface area contributed by atoms with Gasteiger partial charge in [0.1, 0.15) is 5.60 Å². The Balaban J connectivity index is 1.93. The fraction of sp³-hybridized carbons (Fsp3) is 0.786. The lowest BCUT2D eigenvalue weighted by atomic mass is 10.1. The second-order valence-electron chi connectivity index (χ2n) is 6.08. The molecule has 0 aromatic carbocycles. The van der Waals surface area contributed by atoms with Gasteiger partial charge >= 0.3 is 6.09 Å². The lowest BCUT2D eigenvalue weighted by Gasteiger charge is -2.39. The maximum absolute atomic E-state index is 12.0. The molecule has 0 aliphatic carbocycles. The minimum Gasteiger partial charge on any atom is -0.444 e. The molecule has 2 saturated heterocycles. The Kier molecular flexibility index (Phi) is 3.54. The van der Waals surface area contributed by atoms with Crippen molar-refractivity contribution in [1.82, 2.24) is 9.80 Å². The minimum absolute atomic E-state index is 0.202. The monoisotopic (exact) mass is 250 g/mol. The molecule has 2 rings (SSSR count). The number of ether oxygens (including phenoxy) is 1. The van der Waals surface area contributed by atoms with Gasteiger partial charge in [0.2, 0.25) is 0 Å². The number of rotatable bonds is 0. The fourth-order valence-corrected chi connectivity index (χ4v) is 2.72. The molecule has 18 heavy (non-hydrogen) atoms. The zero-order valence-electron chi connectivity index (χ0n) is 11.5. The van der Waals surface area contributed by atoms with E-state index in [4.69, 9.17) is 11.2 Å². The van der Waals surface area contributed by atoms with E-state index in [1.54, 1.807) is 0 Å². The number of carbonyl (C=O) groups excluding carboxylic acids is 1. The Morgan fingerprint density at radius 1 is 1.33 bits per heavy atom. The molecule has 0 aromatic rings. The van der Waals surface area contributed by atoms with E-state index in [0.717, 1.165) is 25.9 Å². The average molecular weight is 250 g/mol. The highest BCUT2D eigenvalue weighted by molar-refractivity contribution is 5.68. The predicted octanol–water partition coefficient (Wildman–Crippen LogP) is 1.70. The van der Waals surface area contributed by atoms with E-state index in [2.05, 4.69) is 10.8 Å². The highest BCUT2D eigenvalue weighted by atomic mass is 16.6. The number of fused-ring (bicyclic) bond motifs is 1. The molecule has 2 aliphatic rings. The van der Waals surface area contributed by atoms with Crippen LogP contribution in [0.2, 0.25) is 0 Å². The van der Waals surface area contributed by atoms with E-state index in [1.807, 2.05) is 25.7 Å². The maximum atomic E-state index is 12.0. The fourth-order valence-electron chi connectivity index (χ4n) is 2.72. The Morgan fingerprint density at radius 3 is 2.67 bits per heavy atom. The largest absolute Gasteiger partial charge is 0.444 e. The normalized spacial score (nSPS) is 28.7. The molecule has 0 aromatic heterocycles. The summed E-state index contributed by atoms with van der Waals surface area (Å²) in [7, 11) is 0. The molecule has 2 fully saturated rings. The molecule has 0 radical (unpaired) electrons. The number of piperazine rings is 1. The molecule has 0 spiro atoms. The van der Waals surface area contributed by atoms with E-state index in [9.17, 15) is 4.79 Å². The molecule has 1 amide bonds. The smallest absolute Gasteiger partial charge is 0.410 e. The summed E-state index contributed by atoms with van der Waals surface area (Å²) in [5, 5.41) is 0. The van der Waals surface area contributed by atoms with Gasteiger partial charge in [-0.15, -0.1) is 6.42 Å². The van der Waals surface area contributed by atoms with Gasteiger partial charge in [0.25, 0.3) is 0 Å². The molecule has 4 heteroatoms. The number of hydrogen-bond acceptors (Lipinski definition) is 3. The first-order chi connectivity index (χ1) is 8.40. The summed E-state index contributed by atoms with van der Waals surface area (Å²) in [6, 6.07) is 0.670.